The zero-order valence-corrected chi connectivity index (χ0v) is 15.7. The van der Waals surface area contributed by atoms with Crippen molar-refractivity contribution in [2.75, 3.05) is 13.2 Å². The second kappa shape index (κ2) is 10.7. The summed E-state index contributed by atoms with van der Waals surface area (Å²) < 4.78 is 5.57. The van der Waals surface area contributed by atoms with E-state index in [4.69, 9.17) is 10.5 Å². The van der Waals surface area contributed by atoms with Gasteiger partial charge in [0.25, 0.3) is 0 Å². The lowest BCUT2D eigenvalue weighted by atomic mass is 9.73. The van der Waals surface area contributed by atoms with E-state index in [1.54, 1.807) is 0 Å². The third-order valence-corrected chi connectivity index (χ3v) is 6.51. The van der Waals surface area contributed by atoms with Gasteiger partial charge in [-0.3, -0.25) is 0 Å². The van der Waals surface area contributed by atoms with Crippen LogP contribution >= 0.6 is 0 Å². The topological polar surface area (TPSA) is 35.2 Å². The average molecular weight is 324 g/mol. The molecule has 23 heavy (non-hydrogen) atoms. The molecule has 0 aromatic rings. The molecule has 0 aromatic carbocycles. The number of hydrogen-bond acceptors (Lipinski definition) is 2. The maximum atomic E-state index is 6.98. The van der Waals surface area contributed by atoms with Crippen molar-refractivity contribution in [2.45, 2.75) is 109 Å². The standard InChI is InChI=1S/C21H41NO/c1-2-3-8-15-21(22,20-13-17-23-18-14-20)16-9-7-12-19-10-5-4-6-11-19/h19-20H,2-18,22H2,1H3. The monoisotopic (exact) mass is 323 g/mol. The molecule has 2 heteroatoms. The lowest BCUT2D eigenvalue weighted by Crippen LogP contribution is -2.49. The molecule has 2 aliphatic rings. The summed E-state index contributed by atoms with van der Waals surface area (Å²) in [6.07, 6.45) is 20.4. The van der Waals surface area contributed by atoms with E-state index in [1.807, 2.05) is 0 Å². The van der Waals surface area contributed by atoms with E-state index in [0.717, 1.165) is 19.1 Å². The average Bonchev–Trinajstić information content (AvgIpc) is 2.61. The second-order valence-electron chi connectivity index (χ2n) is 8.33. The third kappa shape index (κ3) is 6.74. The van der Waals surface area contributed by atoms with Gasteiger partial charge in [-0.25, -0.2) is 0 Å². The van der Waals surface area contributed by atoms with Gasteiger partial charge in [0.2, 0.25) is 0 Å². The van der Waals surface area contributed by atoms with Crippen molar-refractivity contribution in [2.24, 2.45) is 17.6 Å². The Kier molecular flexibility index (Phi) is 8.97. The zero-order chi connectivity index (χ0) is 16.4. The first-order valence-corrected chi connectivity index (χ1v) is 10.6. The molecule has 1 heterocycles. The molecule has 0 radical (unpaired) electrons. The summed E-state index contributed by atoms with van der Waals surface area (Å²) in [6.45, 7) is 4.15. The Morgan fingerprint density at radius 3 is 2.17 bits per heavy atom. The number of ether oxygens (including phenoxy) is 1. The van der Waals surface area contributed by atoms with Crippen LogP contribution in [-0.4, -0.2) is 18.8 Å². The molecule has 1 saturated heterocycles. The minimum Gasteiger partial charge on any atom is -0.381 e. The van der Waals surface area contributed by atoms with Gasteiger partial charge in [0.15, 0.2) is 0 Å². The van der Waals surface area contributed by atoms with Gasteiger partial charge in [0, 0.05) is 18.8 Å². The normalized spacial score (nSPS) is 23.7. The minimum absolute atomic E-state index is 0.0888. The SMILES string of the molecule is CCCCCC(N)(CCCCC1CCCCC1)C1CCOCC1. The van der Waals surface area contributed by atoms with E-state index in [1.165, 1.54) is 96.3 Å². The van der Waals surface area contributed by atoms with Crippen LogP contribution in [0.4, 0.5) is 0 Å². The summed E-state index contributed by atoms with van der Waals surface area (Å²) >= 11 is 0. The maximum Gasteiger partial charge on any atom is 0.0469 e. The van der Waals surface area contributed by atoms with E-state index in [-0.39, 0.29) is 5.54 Å². The van der Waals surface area contributed by atoms with Gasteiger partial charge >= 0.3 is 0 Å². The van der Waals surface area contributed by atoms with E-state index >= 15 is 0 Å². The van der Waals surface area contributed by atoms with Crippen LogP contribution in [0.15, 0.2) is 0 Å². The van der Waals surface area contributed by atoms with E-state index < -0.39 is 0 Å². The van der Waals surface area contributed by atoms with Gasteiger partial charge in [-0.1, -0.05) is 77.6 Å². The molecular weight excluding hydrogens is 282 g/mol. The lowest BCUT2D eigenvalue weighted by Gasteiger charge is -2.40. The van der Waals surface area contributed by atoms with Crippen LogP contribution < -0.4 is 5.73 Å². The molecule has 0 bridgehead atoms. The molecule has 0 spiro atoms. The first kappa shape index (κ1) is 19.2. The maximum absolute atomic E-state index is 6.98. The van der Waals surface area contributed by atoms with Crippen molar-refractivity contribution < 1.29 is 4.74 Å². The summed E-state index contributed by atoms with van der Waals surface area (Å²) in [4.78, 5) is 0. The Morgan fingerprint density at radius 2 is 1.52 bits per heavy atom. The first-order chi connectivity index (χ1) is 11.2. The zero-order valence-electron chi connectivity index (χ0n) is 15.7. The Bertz CT molecular complexity index is 294. The van der Waals surface area contributed by atoms with Crippen LogP contribution in [0.2, 0.25) is 0 Å². The van der Waals surface area contributed by atoms with E-state index in [9.17, 15) is 0 Å². The van der Waals surface area contributed by atoms with Crippen LogP contribution in [0.5, 0.6) is 0 Å². The van der Waals surface area contributed by atoms with Crippen molar-refractivity contribution in [3.05, 3.63) is 0 Å². The smallest absolute Gasteiger partial charge is 0.0469 e. The van der Waals surface area contributed by atoms with Crippen molar-refractivity contribution in [1.82, 2.24) is 0 Å². The Labute approximate surface area is 144 Å². The fraction of sp³-hybridized carbons (Fsp3) is 1.00. The van der Waals surface area contributed by atoms with Crippen molar-refractivity contribution in [1.29, 1.82) is 0 Å². The Balaban J connectivity index is 1.73. The molecule has 2 rings (SSSR count). The molecule has 1 unspecified atom stereocenters. The second-order valence-corrected chi connectivity index (χ2v) is 8.33. The molecule has 2 nitrogen and oxygen atoms in total. The summed E-state index contributed by atoms with van der Waals surface area (Å²) in [7, 11) is 0. The molecule has 1 aliphatic carbocycles. The van der Waals surface area contributed by atoms with Gasteiger partial charge < -0.3 is 10.5 Å². The van der Waals surface area contributed by atoms with Gasteiger partial charge in [-0.15, -0.1) is 0 Å². The Morgan fingerprint density at radius 1 is 0.870 bits per heavy atom. The fourth-order valence-corrected chi connectivity index (χ4v) is 4.87. The highest BCUT2D eigenvalue weighted by atomic mass is 16.5. The summed E-state index contributed by atoms with van der Waals surface area (Å²) in [5.41, 5.74) is 7.07. The number of unbranched alkanes of at least 4 members (excludes halogenated alkanes) is 3. The molecule has 1 saturated carbocycles. The lowest BCUT2D eigenvalue weighted by molar-refractivity contribution is 0.0322. The van der Waals surface area contributed by atoms with E-state index in [2.05, 4.69) is 6.92 Å². The molecule has 1 aliphatic heterocycles. The van der Waals surface area contributed by atoms with Crippen LogP contribution in [0.25, 0.3) is 0 Å². The fourth-order valence-electron chi connectivity index (χ4n) is 4.87. The first-order valence-electron chi connectivity index (χ1n) is 10.6. The quantitative estimate of drug-likeness (QED) is 0.513. The molecule has 2 N–H and O–H groups in total. The predicted octanol–water partition coefficient (Wildman–Crippen LogP) is 5.83. The van der Waals surface area contributed by atoms with Crippen molar-refractivity contribution >= 4 is 0 Å². The Hall–Kier alpha value is -0.0800. The highest BCUT2D eigenvalue weighted by Crippen LogP contribution is 2.35. The molecular formula is C21H41NO. The van der Waals surface area contributed by atoms with Crippen LogP contribution in [-0.2, 0) is 4.74 Å². The van der Waals surface area contributed by atoms with Gasteiger partial charge in [-0.2, -0.15) is 0 Å². The molecule has 136 valence electrons. The highest BCUT2D eigenvalue weighted by Gasteiger charge is 2.34. The summed E-state index contributed by atoms with van der Waals surface area (Å²) in [5.74, 6) is 1.72. The molecule has 1 atom stereocenters. The van der Waals surface area contributed by atoms with Gasteiger partial charge in [0.05, 0.1) is 0 Å². The van der Waals surface area contributed by atoms with E-state index in [0.29, 0.717) is 5.92 Å². The van der Waals surface area contributed by atoms with Gasteiger partial charge in [-0.05, 0) is 37.5 Å². The van der Waals surface area contributed by atoms with Crippen LogP contribution in [0, 0.1) is 11.8 Å². The largest absolute Gasteiger partial charge is 0.381 e. The number of hydrogen-bond donors (Lipinski definition) is 1. The van der Waals surface area contributed by atoms with Crippen molar-refractivity contribution in [3.8, 4) is 0 Å². The van der Waals surface area contributed by atoms with Crippen molar-refractivity contribution in [3.63, 3.8) is 0 Å². The molecule has 2 fully saturated rings. The number of nitrogens with two attached hydrogens (primary N) is 1. The molecule has 0 amide bonds. The summed E-state index contributed by atoms with van der Waals surface area (Å²) in [5, 5.41) is 0. The van der Waals surface area contributed by atoms with Gasteiger partial charge in [0.1, 0.15) is 0 Å². The van der Waals surface area contributed by atoms with Crippen LogP contribution in [0.3, 0.4) is 0 Å². The molecule has 0 aromatic heterocycles. The summed E-state index contributed by atoms with van der Waals surface area (Å²) in [6, 6.07) is 0. The van der Waals surface area contributed by atoms with Crippen LogP contribution in [0.1, 0.15) is 103 Å². The highest BCUT2D eigenvalue weighted by molar-refractivity contribution is 4.92. The predicted molar refractivity (Wildman–Crippen MR) is 99.6 cm³/mol. The number of rotatable bonds is 10. The third-order valence-electron chi connectivity index (χ3n) is 6.51. The minimum atomic E-state index is 0.0888.